The van der Waals surface area contributed by atoms with Crippen LogP contribution in [0.3, 0.4) is 0 Å². The Morgan fingerprint density at radius 3 is 3.00 bits per heavy atom. The molecule has 0 heteroatoms. The summed E-state index contributed by atoms with van der Waals surface area (Å²) in [7, 11) is 0. The van der Waals surface area contributed by atoms with Gasteiger partial charge in [0.05, 0.1) is 0 Å². The Morgan fingerprint density at radius 2 is 2.00 bits per heavy atom. The first-order chi connectivity index (χ1) is 5.97. The van der Waals surface area contributed by atoms with E-state index in [1.807, 2.05) is 0 Å². The van der Waals surface area contributed by atoms with Gasteiger partial charge in [-0.25, -0.2) is 0 Å². The van der Waals surface area contributed by atoms with E-state index in [1.165, 1.54) is 44.9 Å². The smallest absolute Gasteiger partial charge is 0.0200 e. The number of allylic oxidation sites excluding steroid dienone is 4. The Hall–Kier alpha value is -0.520. The van der Waals surface area contributed by atoms with Crippen LogP contribution in [0.4, 0.5) is 0 Å². The van der Waals surface area contributed by atoms with E-state index in [9.17, 15) is 0 Å². The maximum Gasteiger partial charge on any atom is -0.0200 e. The molecule has 0 aromatic carbocycles. The molecule has 0 spiro atoms. The Morgan fingerprint density at radius 1 is 1.08 bits per heavy atom. The molecule has 0 heterocycles. The molecule has 1 unspecified atom stereocenters. The Kier molecular flexibility index (Phi) is 2.65. The van der Waals surface area contributed by atoms with Crippen molar-refractivity contribution < 1.29 is 0 Å². The van der Waals surface area contributed by atoms with Crippen molar-refractivity contribution in [3.63, 3.8) is 0 Å². The van der Waals surface area contributed by atoms with Crippen LogP contribution < -0.4 is 0 Å². The molecule has 1 fully saturated rings. The summed E-state index contributed by atoms with van der Waals surface area (Å²) in [5.74, 6) is 0.952. The fourth-order valence-corrected chi connectivity index (χ4v) is 2.43. The van der Waals surface area contributed by atoms with E-state index in [-0.39, 0.29) is 0 Å². The van der Waals surface area contributed by atoms with Gasteiger partial charge in [-0.05, 0) is 44.4 Å². The molecule has 0 saturated heterocycles. The minimum Gasteiger partial charge on any atom is -0.0845 e. The predicted octanol–water partition coefficient (Wildman–Crippen LogP) is 3.84. The summed E-state index contributed by atoms with van der Waals surface area (Å²) in [5.41, 5.74) is 1.73. The normalized spacial score (nSPS) is 34.3. The molecule has 0 amide bonds. The first-order valence-electron chi connectivity index (χ1n) is 5.32. The molecular formula is C12H18. The van der Waals surface area contributed by atoms with Gasteiger partial charge in [0.1, 0.15) is 0 Å². The summed E-state index contributed by atoms with van der Waals surface area (Å²) >= 11 is 0. The van der Waals surface area contributed by atoms with Crippen molar-refractivity contribution in [1.82, 2.24) is 0 Å². The van der Waals surface area contributed by atoms with Gasteiger partial charge in [0.25, 0.3) is 0 Å². The zero-order valence-electron chi connectivity index (χ0n) is 7.76. The highest BCUT2D eigenvalue weighted by Gasteiger charge is 2.19. The summed E-state index contributed by atoms with van der Waals surface area (Å²) < 4.78 is 0. The maximum absolute atomic E-state index is 2.38. The van der Waals surface area contributed by atoms with Gasteiger partial charge in [0.2, 0.25) is 0 Å². The quantitative estimate of drug-likeness (QED) is 0.507. The van der Waals surface area contributed by atoms with Gasteiger partial charge < -0.3 is 0 Å². The number of fused-ring (bicyclic) bond motifs is 1. The van der Waals surface area contributed by atoms with Gasteiger partial charge in [-0.1, -0.05) is 30.2 Å². The van der Waals surface area contributed by atoms with E-state index in [4.69, 9.17) is 0 Å². The van der Waals surface area contributed by atoms with Crippen molar-refractivity contribution in [1.29, 1.82) is 0 Å². The average Bonchev–Trinajstić information content (AvgIpc) is 2.50. The first kappa shape index (κ1) is 8.10. The molecule has 0 nitrogen and oxygen atoms in total. The van der Waals surface area contributed by atoms with Crippen molar-refractivity contribution in [3.05, 3.63) is 23.8 Å². The zero-order valence-corrected chi connectivity index (χ0v) is 7.76. The van der Waals surface area contributed by atoms with Gasteiger partial charge in [-0.15, -0.1) is 0 Å². The third kappa shape index (κ3) is 1.80. The number of hydrogen-bond donors (Lipinski definition) is 0. The summed E-state index contributed by atoms with van der Waals surface area (Å²) in [6.07, 6.45) is 16.8. The highest BCUT2D eigenvalue weighted by Crippen LogP contribution is 2.35. The van der Waals surface area contributed by atoms with Gasteiger partial charge in [0, 0.05) is 0 Å². The van der Waals surface area contributed by atoms with E-state index < -0.39 is 0 Å². The zero-order chi connectivity index (χ0) is 8.23. The van der Waals surface area contributed by atoms with Crippen LogP contribution >= 0.6 is 0 Å². The van der Waals surface area contributed by atoms with Crippen molar-refractivity contribution >= 4 is 0 Å². The second-order valence-corrected chi connectivity index (χ2v) is 4.04. The van der Waals surface area contributed by atoms with Crippen molar-refractivity contribution in [2.24, 2.45) is 5.92 Å². The molecule has 0 N–H and O–H groups in total. The molecule has 0 radical (unpaired) electrons. The lowest BCUT2D eigenvalue weighted by atomic mass is 9.96. The first-order valence-corrected chi connectivity index (χ1v) is 5.32. The molecule has 2 aliphatic rings. The highest BCUT2D eigenvalue weighted by molar-refractivity contribution is 5.18. The van der Waals surface area contributed by atoms with E-state index >= 15 is 0 Å². The lowest BCUT2D eigenvalue weighted by Crippen LogP contribution is -1.95. The predicted molar refractivity (Wildman–Crippen MR) is 53.0 cm³/mol. The minimum atomic E-state index is 0.952. The molecule has 2 rings (SSSR count). The summed E-state index contributed by atoms with van der Waals surface area (Å²) in [6.45, 7) is 0. The van der Waals surface area contributed by atoms with Crippen LogP contribution in [-0.2, 0) is 0 Å². The molecular weight excluding hydrogens is 144 g/mol. The average molecular weight is 162 g/mol. The summed E-state index contributed by atoms with van der Waals surface area (Å²) in [4.78, 5) is 0. The standard InChI is InChI=1S/C12H18/c1-2-4-7-11-9-6-10-12(11)8-5-3-1/h2,4,7,12H,1,3,5-6,8-10H2/b4-2?,11-7-. The van der Waals surface area contributed by atoms with Gasteiger partial charge in [0.15, 0.2) is 0 Å². The van der Waals surface area contributed by atoms with Crippen molar-refractivity contribution in [2.45, 2.75) is 44.9 Å². The minimum absolute atomic E-state index is 0.952. The number of hydrogen-bond acceptors (Lipinski definition) is 0. The van der Waals surface area contributed by atoms with E-state index in [0.29, 0.717) is 0 Å². The fraction of sp³-hybridized carbons (Fsp3) is 0.667. The molecule has 1 atom stereocenters. The number of rotatable bonds is 0. The maximum atomic E-state index is 2.38. The van der Waals surface area contributed by atoms with Crippen molar-refractivity contribution in [3.8, 4) is 0 Å². The Bertz CT molecular complexity index is 198. The third-order valence-electron chi connectivity index (χ3n) is 3.16. The fourth-order valence-electron chi connectivity index (χ4n) is 2.43. The molecule has 66 valence electrons. The summed E-state index contributed by atoms with van der Waals surface area (Å²) in [5, 5.41) is 0. The lowest BCUT2D eigenvalue weighted by molar-refractivity contribution is 0.533. The molecule has 0 aromatic heterocycles. The Balaban J connectivity index is 2.08. The van der Waals surface area contributed by atoms with Gasteiger partial charge in [-0.2, -0.15) is 0 Å². The van der Waals surface area contributed by atoms with E-state index in [2.05, 4.69) is 18.2 Å². The molecule has 0 aliphatic heterocycles. The van der Waals surface area contributed by atoms with Crippen LogP contribution in [0.2, 0.25) is 0 Å². The second kappa shape index (κ2) is 3.93. The monoisotopic (exact) mass is 162 g/mol. The second-order valence-electron chi connectivity index (χ2n) is 4.04. The molecule has 2 aliphatic carbocycles. The van der Waals surface area contributed by atoms with Gasteiger partial charge in [-0.3, -0.25) is 0 Å². The molecule has 0 bridgehead atoms. The van der Waals surface area contributed by atoms with Crippen LogP contribution in [0.15, 0.2) is 23.8 Å². The van der Waals surface area contributed by atoms with Crippen LogP contribution in [0, 0.1) is 5.92 Å². The molecule has 12 heavy (non-hydrogen) atoms. The Labute approximate surface area is 75.4 Å². The topological polar surface area (TPSA) is 0 Å². The largest absolute Gasteiger partial charge is 0.0845 e. The van der Waals surface area contributed by atoms with Crippen LogP contribution in [0.25, 0.3) is 0 Å². The molecule has 0 aromatic rings. The SMILES string of the molecule is C1=CCCCCC2CCC/C2=C/1. The van der Waals surface area contributed by atoms with E-state index in [0.717, 1.165) is 5.92 Å². The molecule has 1 saturated carbocycles. The van der Waals surface area contributed by atoms with E-state index in [1.54, 1.807) is 5.57 Å². The van der Waals surface area contributed by atoms with Crippen LogP contribution in [0.5, 0.6) is 0 Å². The van der Waals surface area contributed by atoms with Crippen molar-refractivity contribution in [2.75, 3.05) is 0 Å². The van der Waals surface area contributed by atoms with Crippen LogP contribution in [-0.4, -0.2) is 0 Å². The lowest BCUT2D eigenvalue weighted by Gasteiger charge is -2.09. The highest BCUT2D eigenvalue weighted by atomic mass is 14.2. The van der Waals surface area contributed by atoms with Crippen LogP contribution in [0.1, 0.15) is 44.9 Å². The van der Waals surface area contributed by atoms with Gasteiger partial charge >= 0.3 is 0 Å². The third-order valence-corrected chi connectivity index (χ3v) is 3.16. The summed E-state index contributed by atoms with van der Waals surface area (Å²) in [6, 6.07) is 0.